The third kappa shape index (κ3) is 3.28. The van der Waals surface area contributed by atoms with Crippen molar-refractivity contribution in [1.82, 2.24) is 0 Å². The Kier molecular flexibility index (Phi) is 4.66. The summed E-state index contributed by atoms with van der Waals surface area (Å²) in [7, 11) is 1.33. The zero-order chi connectivity index (χ0) is 13.0. The molecule has 0 fully saturated rings. The van der Waals surface area contributed by atoms with E-state index in [-0.39, 0.29) is 5.92 Å². The zero-order valence-electron chi connectivity index (χ0n) is 10.4. The Balaban J connectivity index is 2.95. The van der Waals surface area contributed by atoms with Crippen LogP contribution in [0.4, 0.5) is 0 Å². The molecule has 1 aromatic rings. The fourth-order valence-electron chi connectivity index (χ4n) is 1.60. The number of aliphatic hydroxyl groups is 1. The number of nitrogens with two attached hydrogens (primary N) is 1. The minimum Gasteiger partial charge on any atom is -0.465 e. The second-order valence-electron chi connectivity index (χ2n) is 4.38. The van der Waals surface area contributed by atoms with Gasteiger partial charge in [-0.25, -0.2) is 4.79 Å². The summed E-state index contributed by atoms with van der Waals surface area (Å²) in [5, 5.41) is 9.89. The van der Waals surface area contributed by atoms with Gasteiger partial charge in [-0.2, -0.15) is 0 Å². The quantitative estimate of drug-likeness (QED) is 0.778. The van der Waals surface area contributed by atoms with E-state index in [4.69, 9.17) is 5.73 Å². The Morgan fingerprint density at radius 2 is 2.06 bits per heavy atom. The van der Waals surface area contributed by atoms with Gasteiger partial charge in [-0.3, -0.25) is 0 Å². The molecule has 1 aromatic carbocycles. The van der Waals surface area contributed by atoms with Crippen molar-refractivity contribution in [3.05, 3.63) is 35.4 Å². The second-order valence-corrected chi connectivity index (χ2v) is 4.38. The molecule has 0 aliphatic heterocycles. The normalized spacial score (nSPS) is 14.5. The van der Waals surface area contributed by atoms with Crippen LogP contribution in [-0.2, 0) is 4.74 Å². The number of carbonyl (C=O) groups is 1. The molecule has 94 valence electrons. The summed E-state index contributed by atoms with van der Waals surface area (Å²) in [5.74, 6) is -0.343. The third-order valence-corrected chi connectivity index (χ3v) is 2.74. The summed E-state index contributed by atoms with van der Waals surface area (Å²) in [6.45, 7) is 3.80. The summed E-state index contributed by atoms with van der Waals surface area (Å²) >= 11 is 0. The Bertz CT molecular complexity index is 390. The Morgan fingerprint density at radius 1 is 1.41 bits per heavy atom. The SMILES string of the molecule is COC(=O)c1cccc([C@@H](N)[C@@H](O)C(C)C)c1. The van der Waals surface area contributed by atoms with E-state index in [2.05, 4.69) is 4.74 Å². The molecule has 0 bridgehead atoms. The number of benzene rings is 1. The number of carbonyl (C=O) groups excluding carboxylic acids is 1. The van der Waals surface area contributed by atoms with E-state index in [9.17, 15) is 9.90 Å². The lowest BCUT2D eigenvalue weighted by Gasteiger charge is -2.22. The van der Waals surface area contributed by atoms with E-state index < -0.39 is 18.1 Å². The number of rotatable bonds is 4. The van der Waals surface area contributed by atoms with Crippen LogP contribution in [0.2, 0.25) is 0 Å². The molecule has 0 amide bonds. The number of aliphatic hydroxyl groups excluding tert-OH is 1. The molecule has 0 heterocycles. The van der Waals surface area contributed by atoms with Gasteiger partial charge in [-0.1, -0.05) is 26.0 Å². The van der Waals surface area contributed by atoms with Crippen molar-refractivity contribution in [2.24, 2.45) is 11.7 Å². The maximum absolute atomic E-state index is 11.4. The molecule has 2 atom stereocenters. The van der Waals surface area contributed by atoms with Crippen LogP contribution < -0.4 is 5.73 Å². The topological polar surface area (TPSA) is 72.5 Å². The molecule has 17 heavy (non-hydrogen) atoms. The molecule has 4 heteroatoms. The van der Waals surface area contributed by atoms with Gasteiger partial charge in [0, 0.05) is 0 Å². The van der Waals surface area contributed by atoms with Crippen molar-refractivity contribution in [3.63, 3.8) is 0 Å². The monoisotopic (exact) mass is 237 g/mol. The fourth-order valence-corrected chi connectivity index (χ4v) is 1.60. The first-order valence-corrected chi connectivity index (χ1v) is 5.59. The molecule has 0 saturated carbocycles. The summed E-state index contributed by atoms with van der Waals surface area (Å²) in [4.78, 5) is 11.4. The van der Waals surface area contributed by atoms with Crippen molar-refractivity contribution < 1.29 is 14.6 Å². The highest BCUT2D eigenvalue weighted by atomic mass is 16.5. The Labute approximate surface area is 101 Å². The highest BCUT2D eigenvalue weighted by Gasteiger charge is 2.20. The molecule has 4 nitrogen and oxygen atoms in total. The lowest BCUT2D eigenvalue weighted by molar-refractivity contribution is 0.0600. The molecule has 0 aliphatic rings. The lowest BCUT2D eigenvalue weighted by atomic mass is 9.93. The molecule has 0 saturated heterocycles. The van der Waals surface area contributed by atoms with Crippen molar-refractivity contribution >= 4 is 5.97 Å². The van der Waals surface area contributed by atoms with Crippen LogP contribution in [-0.4, -0.2) is 24.3 Å². The smallest absolute Gasteiger partial charge is 0.337 e. The Morgan fingerprint density at radius 3 is 2.59 bits per heavy atom. The van der Waals surface area contributed by atoms with Gasteiger partial charge < -0.3 is 15.6 Å². The molecular formula is C13H19NO3. The van der Waals surface area contributed by atoms with E-state index >= 15 is 0 Å². The van der Waals surface area contributed by atoms with Crippen LogP contribution in [0.3, 0.4) is 0 Å². The van der Waals surface area contributed by atoms with Gasteiger partial charge in [-0.05, 0) is 23.6 Å². The second kappa shape index (κ2) is 5.80. The fraction of sp³-hybridized carbons (Fsp3) is 0.462. The molecule has 0 aliphatic carbocycles. The van der Waals surface area contributed by atoms with Gasteiger partial charge in [0.1, 0.15) is 0 Å². The van der Waals surface area contributed by atoms with Gasteiger partial charge >= 0.3 is 5.97 Å². The first-order valence-electron chi connectivity index (χ1n) is 5.59. The maximum Gasteiger partial charge on any atom is 0.337 e. The number of ether oxygens (including phenoxy) is 1. The molecule has 0 aromatic heterocycles. The van der Waals surface area contributed by atoms with E-state index in [1.807, 2.05) is 13.8 Å². The number of hydrogen-bond acceptors (Lipinski definition) is 4. The van der Waals surface area contributed by atoms with Gasteiger partial charge in [0.15, 0.2) is 0 Å². The third-order valence-electron chi connectivity index (χ3n) is 2.74. The largest absolute Gasteiger partial charge is 0.465 e. The van der Waals surface area contributed by atoms with E-state index in [0.29, 0.717) is 5.56 Å². The van der Waals surface area contributed by atoms with E-state index in [1.54, 1.807) is 24.3 Å². The van der Waals surface area contributed by atoms with Crippen LogP contribution in [0.1, 0.15) is 35.8 Å². The summed E-state index contributed by atoms with van der Waals surface area (Å²) in [6, 6.07) is 6.34. The summed E-state index contributed by atoms with van der Waals surface area (Å²) < 4.78 is 4.64. The van der Waals surface area contributed by atoms with Crippen LogP contribution in [0, 0.1) is 5.92 Å². The van der Waals surface area contributed by atoms with Crippen molar-refractivity contribution in [3.8, 4) is 0 Å². The minimum absolute atomic E-state index is 0.0618. The predicted molar refractivity (Wildman–Crippen MR) is 65.6 cm³/mol. The lowest BCUT2D eigenvalue weighted by Crippen LogP contribution is -2.30. The van der Waals surface area contributed by atoms with Gasteiger partial charge in [-0.15, -0.1) is 0 Å². The van der Waals surface area contributed by atoms with Crippen molar-refractivity contribution in [1.29, 1.82) is 0 Å². The van der Waals surface area contributed by atoms with Crippen LogP contribution in [0.15, 0.2) is 24.3 Å². The summed E-state index contributed by atoms with van der Waals surface area (Å²) in [5.41, 5.74) is 7.12. The van der Waals surface area contributed by atoms with Gasteiger partial charge in [0.2, 0.25) is 0 Å². The predicted octanol–water partition coefficient (Wildman–Crippen LogP) is 1.49. The van der Waals surface area contributed by atoms with Crippen molar-refractivity contribution in [2.75, 3.05) is 7.11 Å². The van der Waals surface area contributed by atoms with Crippen LogP contribution in [0.25, 0.3) is 0 Å². The molecule has 0 radical (unpaired) electrons. The number of hydrogen-bond donors (Lipinski definition) is 2. The first kappa shape index (κ1) is 13.7. The highest BCUT2D eigenvalue weighted by Crippen LogP contribution is 2.20. The Hall–Kier alpha value is -1.39. The van der Waals surface area contributed by atoms with E-state index in [0.717, 1.165) is 5.56 Å². The van der Waals surface area contributed by atoms with Gasteiger partial charge in [0.25, 0.3) is 0 Å². The number of methoxy groups -OCH3 is 1. The zero-order valence-corrected chi connectivity index (χ0v) is 10.4. The average Bonchev–Trinajstić information content (AvgIpc) is 2.36. The molecule has 3 N–H and O–H groups in total. The van der Waals surface area contributed by atoms with Crippen LogP contribution in [0.5, 0.6) is 0 Å². The molecule has 0 spiro atoms. The average molecular weight is 237 g/mol. The highest BCUT2D eigenvalue weighted by molar-refractivity contribution is 5.89. The summed E-state index contributed by atoms with van der Waals surface area (Å²) in [6.07, 6.45) is -0.636. The van der Waals surface area contributed by atoms with Crippen molar-refractivity contribution in [2.45, 2.75) is 26.0 Å². The van der Waals surface area contributed by atoms with Gasteiger partial charge in [0.05, 0.1) is 24.8 Å². The maximum atomic E-state index is 11.4. The van der Waals surface area contributed by atoms with Crippen LogP contribution >= 0.6 is 0 Å². The minimum atomic E-state index is -0.636. The molecule has 0 unspecified atom stereocenters. The molecular weight excluding hydrogens is 218 g/mol. The standard InChI is InChI=1S/C13H19NO3/c1-8(2)12(15)11(14)9-5-4-6-10(7-9)13(16)17-3/h4-8,11-12,15H,14H2,1-3H3/t11-,12+/m1/s1. The first-order chi connectivity index (χ1) is 7.97. The van der Waals surface area contributed by atoms with E-state index in [1.165, 1.54) is 7.11 Å². The number of esters is 1. The molecule has 1 rings (SSSR count).